The molecular weight excluding hydrogens is 400 g/mol. The highest BCUT2D eigenvalue weighted by molar-refractivity contribution is 7.17. The minimum Gasteiger partial charge on any atom is -0.507 e. The van der Waals surface area contributed by atoms with E-state index in [9.17, 15) is 14.7 Å². The van der Waals surface area contributed by atoms with Gasteiger partial charge in [-0.25, -0.2) is 0 Å². The molecule has 7 nitrogen and oxygen atoms in total. The highest BCUT2D eigenvalue weighted by Gasteiger charge is 2.26. The first-order chi connectivity index (χ1) is 14.4. The number of H-pyrrole nitrogens is 1. The van der Waals surface area contributed by atoms with E-state index in [2.05, 4.69) is 20.8 Å². The zero-order valence-corrected chi connectivity index (χ0v) is 18.0. The number of hydrogen-bond acceptors (Lipinski definition) is 5. The molecule has 8 heteroatoms. The topological polar surface area (TPSA) is 107 Å². The molecule has 1 aliphatic carbocycles. The SMILES string of the molecule is CNC(=O)c1c(NC(=O)c2cc(-c3cc(C)cc(C)c3O)n[nH]2)sc2c1CCCC2. The minimum absolute atomic E-state index is 0.145. The number of phenolic OH excluding ortho intramolecular Hbond substituents is 1. The molecular formula is C22H24N4O3S. The van der Waals surface area contributed by atoms with E-state index >= 15 is 0 Å². The summed E-state index contributed by atoms with van der Waals surface area (Å²) in [6.07, 6.45) is 3.92. The van der Waals surface area contributed by atoms with Crippen LogP contribution in [0.2, 0.25) is 0 Å². The van der Waals surface area contributed by atoms with Crippen molar-refractivity contribution in [2.75, 3.05) is 12.4 Å². The summed E-state index contributed by atoms with van der Waals surface area (Å²) in [6, 6.07) is 5.32. The van der Waals surface area contributed by atoms with E-state index < -0.39 is 0 Å². The standard InChI is InChI=1S/C22H24N4O3S/c1-11-8-12(2)19(27)14(9-11)15-10-16(26-25-15)20(28)24-22-18(21(29)23-3)13-6-4-5-7-17(13)30-22/h8-10,27H,4-7H2,1-3H3,(H,23,29)(H,24,28)(H,25,26). The second kappa shape index (κ2) is 7.95. The van der Waals surface area contributed by atoms with Crippen LogP contribution in [0.5, 0.6) is 5.75 Å². The number of rotatable bonds is 4. The van der Waals surface area contributed by atoms with Gasteiger partial charge in [-0.3, -0.25) is 14.7 Å². The summed E-state index contributed by atoms with van der Waals surface area (Å²) in [7, 11) is 1.60. The Morgan fingerprint density at radius 3 is 2.67 bits per heavy atom. The third-order valence-electron chi connectivity index (χ3n) is 5.40. The van der Waals surface area contributed by atoms with Crippen LogP contribution in [0, 0.1) is 13.8 Å². The Bertz CT molecular complexity index is 1150. The molecule has 0 bridgehead atoms. The normalized spacial score (nSPS) is 13.0. The molecule has 4 rings (SSSR count). The zero-order valence-electron chi connectivity index (χ0n) is 17.2. The molecule has 30 heavy (non-hydrogen) atoms. The van der Waals surface area contributed by atoms with Crippen LogP contribution >= 0.6 is 11.3 Å². The third kappa shape index (κ3) is 3.59. The number of thiophene rings is 1. The van der Waals surface area contributed by atoms with Crippen molar-refractivity contribution in [2.24, 2.45) is 0 Å². The van der Waals surface area contributed by atoms with E-state index in [4.69, 9.17) is 0 Å². The number of aromatic amines is 1. The number of nitrogens with one attached hydrogen (secondary N) is 3. The van der Waals surface area contributed by atoms with Gasteiger partial charge in [-0.05, 0) is 68.4 Å². The third-order valence-corrected chi connectivity index (χ3v) is 6.60. The van der Waals surface area contributed by atoms with Crippen molar-refractivity contribution >= 4 is 28.2 Å². The van der Waals surface area contributed by atoms with E-state index in [-0.39, 0.29) is 23.3 Å². The first kappa shape index (κ1) is 20.2. The van der Waals surface area contributed by atoms with Crippen LogP contribution in [0.1, 0.15) is 55.3 Å². The Morgan fingerprint density at radius 2 is 1.90 bits per heavy atom. The van der Waals surface area contributed by atoms with E-state index in [1.54, 1.807) is 13.1 Å². The van der Waals surface area contributed by atoms with Crippen molar-refractivity contribution in [1.82, 2.24) is 15.5 Å². The Labute approximate surface area is 178 Å². The maximum atomic E-state index is 12.9. The van der Waals surface area contributed by atoms with Crippen LogP contribution in [-0.4, -0.2) is 34.2 Å². The van der Waals surface area contributed by atoms with Crippen molar-refractivity contribution in [3.63, 3.8) is 0 Å². The molecule has 0 saturated carbocycles. The molecule has 0 aliphatic heterocycles. The van der Waals surface area contributed by atoms with E-state index in [0.717, 1.165) is 42.4 Å². The number of aromatic nitrogens is 2. The summed E-state index contributed by atoms with van der Waals surface area (Å²) in [5.41, 5.74) is 4.68. The number of nitrogens with zero attached hydrogens (tertiary/aromatic N) is 1. The Morgan fingerprint density at radius 1 is 1.13 bits per heavy atom. The molecule has 156 valence electrons. The van der Waals surface area contributed by atoms with Crippen molar-refractivity contribution in [3.05, 3.63) is 51.0 Å². The van der Waals surface area contributed by atoms with Gasteiger partial charge in [-0.1, -0.05) is 6.07 Å². The van der Waals surface area contributed by atoms with Crippen LogP contribution in [0.3, 0.4) is 0 Å². The molecule has 2 heterocycles. The number of amides is 2. The van der Waals surface area contributed by atoms with E-state index in [0.29, 0.717) is 21.8 Å². The lowest BCUT2D eigenvalue weighted by Crippen LogP contribution is -2.22. The molecule has 0 spiro atoms. The van der Waals surface area contributed by atoms with Crippen molar-refractivity contribution < 1.29 is 14.7 Å². The predicted molar refractivity (Wildman–Crippen MR) is 117 cm³/mol. The summed E-state index contributed by atoms with van der Waals surface area (Å²) < 4.78 is 0. The quantitative estimate of drug-likeness (QED) is 0.509. The second-order valence-electron chi connectivity index (χ2n) is 7.59. The molecule has 3 aromatic rings. The zero-order chi connectivity index (χ0) is 21.4. The highest BCUT2D eigenvalue weighted by Crippen LogP contribution is 2.38. The second-order valence-corrected chi connectivity index (χ2v) is 8.70. The minimum atomic E-state index is -0.374. The Kier molecular flexibility index (Phi) is 5.34. The van der Waals surface area contributed by atoms with Crippen LogP contribution in [0.25, 0.3) is 11.3 Å². The molecule has 2 aromatic heterocycles. The van der Waals surface area contributed by atoms with Gasteiger partial charge >= 0.3 is 0 Å². The number of fused-ring (bicyclic) bond motifs is 1. The summed E-state index contributed by atoms with van der Waals surface area (Å²) in [4.78, 5) is 26.5. The van der Waals surface area contributed by atoms with Gasteiger partial charge < -0.3 is 15.7 Å². The van der Waals surface area contributed by atoms with Crippen LogP contribution in [0.15, 0.2) is 18.2 Å². The molecule has 0 fully saturated rings. The number of aryl methyl sites for hydroxylation is 3. The number of phenols is 1. The lowest BCUT2D eigenvalue weighted by atomic mass is 9.95. The van der Waals surface area contributed by atoms with Gasteiger partial charge in [-0.15, -0.1) is 11.3 Å². The Hall–Kier alpha value is -3.13. The fraction of sp³-hybridized carbons (Fsp3) is 0.318. The smallest absolute Gasteiger partial charge is 0.274 e. The first-order valence-electron chi connectivity index (χ1n) is 9.93. The van der Waals surface area contributed by atoms with Crippen molar-refractivity contribution in [2.45, 2.75) is 39.5 Å². The molecule has 0 radical (unpaired) electrons. The van der Waals surface area contributed by atoms with Crippen molar-refractivity contribution in [3.8, 4) is 17.0 Å². The van der Waals surface area contributed by atoms with Crippen LogP contribution in [-0.2, 0) is 12.8 Å². The van der Waals surface area contributed by atoms with Crippen LogP contribution in [0.4, 0.5) is 5.00 Å². The molecule has 0 saturated heterocycles. The average Bonchev–Trinajstić information content (AvgIpc) is 3.35. The predicted octanol–water partition coefficient (Wildman–Crippen LogP) is 3.95. The summed E-state index contributed by atoms with van der Waals surface area (Å²) >= 11 is 1.47. The molecule has 1 aliphatic rings. The van der Waals surface area contributed by atoms with Gasteiger partial charge in [0.1, 0.15) is 16.4 Å². The molecule has 0 unspecified atom stereocenters. The monoisotopic (exact) mass is 424 g/mol. The maximum Gasteiger partial charge on any atom is 0.274 e. The summed E-state index contributed by atoms with van der Waals surface area (Å²) in [6.45, 7) is 3.76. The van der Waals surface area contributed by atoms with Gasteiger partial charge in [0.15, 0.2) is 0 Å². The van der Waals surface area contributed by atoms with E-state index in [1.165, 1.54) is 16.2 Å². The molecule has 1 aromatic carbocycles. The fourth-order valence-corrected chi connectivity index (χ4v) is 5.20. The lowest BCUT2D eigenvalue weighted by Gasteiger charge is -2.12. The Balaban J connectivity index is 1.64. The summed E-state index contributed by atoms with van der Waals surface area (Å²) in [5.74, 6) is -0.414. The number of carbonyl (C=O) groups excluding carboxylic acids is 2. The van der Waals surface area contributed by atoms with Crippen LogP contribution < -0.4 is 10.6 Å². The maximum absolute atomic E-state index is 12.9. The number of hydrogen-bond donors (Lipinski definition) is 4. The molecule has 4 N–H and O–H groups in total. The number of anilines is 1. The van der Waals surface area contributed by atoms with Crippen molar-refractivity contribution in [1.29, 1.82) is 0 Å². The summed E-state index contributed by atoms with van der Waals surface area (Å²) in [5, 5.41) is 23.5. The first-order valence-corrected chi connectivity index (χ1v) is 10.7. The van der Waals surface area contributed by atoms with Gasteiger partial charge in [0.05, 0.1) is 11.3 Å². The fourth-order valence-electron chi connectivity index (χ4n) is 3.92. The molecule has 2 amide bonds. The highest BCUT2D eigenvalue weighted by atomic mass is 32.1. The number of aromatic hydroxyl groups is 1. The van der Waals surface area contributed by atoms with E-state index in [1.807, 2.05) is 26.0 Å². The van der Waals surface area contributed by atoms with Gasteiger partial charge in [0.2, 0.25) is 0 Å². The average molecular weight is 425 g/mol. The van der Waals surface area contributed by atoms with Gasteiger partial charge in [0.25, 0.3) is 11.8 Å². The number of carbonyl (C=O) groups is 2. The van der Waals surface area contributed by atoms with Gasteiger partial charge in [0, 0.05) is 17.5 Å². The van der Waals surface area contributed by atoms with Gasteiger partial charge in [-0.2, -0.15) is 5.10 Å². The molecule has 0 atom stereocenters. The number of benzene rings is 1. The largest absolute Gasteiger partial charge is 0.507 e. The lowest BCUT2D eigenvalue weighted by molar-refractivity contribution is 0.0963.